The van der Waals surface area contributed by atoms with E-state index in [9.17, 15) is 8.42 Å². The number of pyridine rings is 1. The molecule has 148 valence electrons. The van der Waals surface area contributed by atoms with Gasteiger partial charge in [-0.05, 0) is 38.8 Å². The summed E-state index contributed by atoms with van der Waals surface area (Å²) in [5.41, 5.74) is 1.05. The lowest BCUT2D eigenvalue weighted by Crippen LogP contribution is -2.38. The molecular formula is C18H22N6O3S. The van der Waals surface area contributed by atoms with Gasteiger partial charge in [0.25, 0.3) is 5.89 Å². The fourth-order valence-corrected chi connectivity index (χ4v) is 5.26. The molecule has 1 atom stereocenters. The largest absolute Gasteiger partial charge is 0.417 e. The Bertz CT molecular complexity index is 1060. The van der Waals surface area contributed by atoms with Gasteiger partial charge in [0.15, 0.2) is 0 Å². The first-order valence-electron chi connectivity index (χ1n) is 9.31. The summed E-state index contributed by atoms with van der Waals surface area (Å²) < 4.78 is 35.7. The summed E-state index contributed by atoms with van der Waals surface area (Å²) in [6, 6.07) is 4.91. The molecule has 3 aromatic heterocycles. The van der Waals surface area contributed by atoms with Crippen LogP contribution in [0.15, 0.2) is 39.9 Å². The standard InChI is InChI=1S/C18H22N6O3S/c1-3-23-12-16(13(2)22-23)28(25,26)24-11-7-5-9-15(24)18-21-20-17(27-18)14-8-4-6-10-19-14/h4,6,8,10,12,15H,3,5,7,9,11H2,1-2H3. The highest BCUT2D eigenvalue weighted by atomic mass is 32.2. The van der Waals surface area contributed by atoms with E-state index in [0.29, 0.717) is 36.8 Å². The molecule has 9 nitrogen and oxygen atoms in total. The summed E-state index contributed by atoms with van der Waals surface area (Å²) in [5, 5.41) is 12.5. The number of aryl methyl sites for hydroxylation is 2. The number of hydrogen-bond acceptors (Lipinski definition) is 7. The molecular weight excluding hydrogens is 380 g/mol. The van der Waals surface area contributed by atoms with Crippen LogP contribution >= 0.6 is 0 Å². The van der Waals surface area contributed by atoms with Crippen LogP contribution in [-0.4, -0.2) is 44.2 Å². The minimum atomic E-state index is -3.73. The van der Waals surface area contributed by atoms with E-state index < -0.39 is 16.1 Å². The highest BCUT2D eigenvalue weighted by molar-refractivity contribution is 7.89. The minimum Gasteiger partial charge on any atom is -0.417 e. The topological polar surface area (TPSA) is 107 Å². The van der Waals surface area contributed by atoms with Crippen LogP contribution in [0.5, 0.6) is 0 Å². The zero-order chi connectivity index (χ0) is 19.7. The van der Waals surface area contributed by atoms with Crippen molar-refractivity contribution in [2.45, 2.75) is 50.6 Å². The van der Waals surface area contributed by atoms with Gasteiger partial charge in [-0.3, -0.25) is 9.67 Å². The molecule has 28 heavy (non-hydrogen) atoms. The fourth-order valence-electron chi connectivity index (χ4n) is 3.44. The number of hydrogen-bond donors (Lipinski definition) is 0. The van der Waals surface area contributed by atoms with Crippen molar-refractivity contribution in [3.8, 4) is 11.6 Å². The van der Waals surface area contributed by atoms with Crippen LogP contribution in [0.25, 0.3) is 11.6 Å². The van der Waals surface area contributed by atoms with Crippen molar-refractivity contribution in [2.75, 3.05) is 6.54 Å². The van der Waals surface area contributed by atoms with Gasteiger partial charge < -0.3 is 4.42 Å². The van der Waals surface area contributed by atoms with Gasteiger partial charge in [0.05, 0.1) is 5.69 Å². The number of aromatic nitrogens is 5. The molecule has 0 saturated carbocycles. The van der Waals surface area contributed by atoms with Crippen LogP contribution < -0.4 is 0 Å². The first kappa shape index (κ1) is 18.8. The molecule has 1 aliphatic heterocycles. The van der Waals surface area contributed by atoms with E-state index in [2.05, 4.69) is 20.3 Å². The second kappa shape index (κ2) is 7.44. The molecule has 1 unspecified atom stereocenters. The lowest BCUT2D eigenvalue weighted by Gasteiger charge is -2.32. The first-order chi connectivity index (χ1) is 13.5. The quantitative estimate of drug-likeness (QED) is 0.645. The zero-order valence-corrected chi connectivity index (χ0v) is 16.6. The lowest BCUT2D eigenvalue weighted by molar-refractivity contribution is 0.220. The molecule has 1 fully saturated rings. The summed E-state index contributed by atoms with van der Waals surface area (Å²) in [6.07, 6.45) is 5.54. The van der Waals surface area contributed by atoms with Crippen LogP contribution in [0.1, 0.15) is 43.8 Å². The van der Waals surface area contributed by atoms with Crippen molar-refractivity contribution in [1.82, 2.24) is 29.3 Å². The summed E-state index contributed by atoms with van der Waals surface area (Å²) in [5.74, 6) is 0.581. The SMILES string of the molecule is CCn1cc(S(=O)(=O)N2CCCCC2c2nnc(-c3ccccn3)o2)c(C)n1. The Labute approximate surface area is 163 Å². The van der Waals surface area contributed by atoms with Crippen molar-refractivity contribution in [1.29, 1.82) is 0 Å². The van der Waals surface area contributed by atoms with Gasteiger partial charge in [-0.15, -0.1) is 10.2 Å². The van der Waals surface area contributed by atoms with E-state index >= 15 is 0 Å². The number of sulfonamides is 1. The Hall–Kier alpha value is -2.59. The smallest absolute Gasteiger partial charge is 0.266 e. The minimum absolute atomic E-state index is 0.228. The molecule has 0 amide bonds. The maximum Gasteiger partial charge on any atom is 0.266 e. The molecule has 4 heterocycles. The molecule has 0 bridgehead atoms. The van der Waals surface area contributed by atoms with Crippen molar-refractivity contribution in [3.63, 3.8) is 0 Å². The van der Waals surface area contributed by atoms with Crippen LogP contribution in [0.4, 0.5) is 0 Å². The van der Waals surface area contributed by atoms with E-state index in [-0.39, 0.29) is 10.8 Å². The lowest BCUT2D eigenvalue weighted by atomic mass is 10.1. The molecule has 1 aliphatic rings. The van der Waals surface area contributed by atoms with Crippen LogP contribution in [0.2, 0.25) is 0 Å². The van der Waals surface area contributed by atoms with Crippen molar-refractivity contribution in [2.24, 2.45) is 0 Å². The van der Waals surface area contributed by atoms with E-state index in [1.807, 2.05) is 13.0 Å². The van der Waals surface area contributed by atoms with Gasteiger partial charge in [0, 0.05) is 25.5 Å². The number of nitrogens with zero attached hydrogens (tertiary/aromatic N) is 6. The third-order valence-corrected chi connectivity index (χ3v) is 6.89. The summed E-state index contributed by atoms with van der Waals surface area (Å²) in [4.78, 5) is 4.43. The maximum absolute atomic E-state index is 13.4. The maximum atomic E-state index is 13.4. The summed E-state index contributed by atoms with van der Waals surface area (Å²) in [6.45, 7) is 4.65. The van der Waals surface area contributed by atoms with Gasteiger partial charge in [-0.25, -0.2) is 8.42 Å². The van der Waals surface area contributed by atoms with Crippen molar-refractivity contribution in [3.05, 3.63) is 42.2 Å². The molecule has 4 rings (SSSR count). The van der Waals surface area contributed by atoms with Gasteiger partial charge in [0.2, 0.25) is 15.9 Å². The average Bonchev–Trinajstić information content (AvgIpc) is 3.36. The Balaban J connectivity index is 1.69. The van der Waals surface area contributed by atoms with Crippen LogP contribution in [0.3, 0.4) is 0 Å². The fraction of sp³-hybridized carbons (Fsp3) is 0.444. The van der Waals surface area contributed by atoms with E-state index in [0.717, 1.165) is 12.8 Å². The van der Waals surface area contributed by atoms with Gasteiger partial charge >= 0.3 is 0 Å². The Morgan fingerprint density at radius 3 is 2.82 bits per heavy atom. The Morgan fingerprint density at radius 2 is 2.11 bits per heavy atom. The third-order valence-electron chi connectivity index (χ3n) is 4.88. The van der Waals surface area contributed by atoms with E-state index in [4.69, 9.17) is 4.42 Å². The number of rotatable bonds is 5. The molecule has 10 heteroatoms. The predicted octanol–water partition coefficient (Wildman–Crippen LogP) is 2.57. The molecule has 0 N–H and O–H groups in total. The van der Waals surface area contributed by atoms with E-state index in [1.165, 1.54) is 4.31 Å². The van der Waals surface area contributed by atoms with Gasteiger partial charge in [0.1, 0.15) is 16.6 Å². The number of piperidine rings is 1. The monoisotopic (exact) mass is 402 g/mol. The predicted molar refractivity (Wildman–Crippen MR) is 101 cm³/mol. The van der Waals surface area contributed by atoms with Crippen molar-refractivity contribution >= 4 is 10.0 Å². The zero-order valence-electron chi connectivity index (χ0n) is 15.8. The second-order valence-corrected chi connectivity index (χ2v) is 8.58. The normalized spacial score (nSPS) is 18.4. The highest BCUT2D eigenvalue weighted by Gasteiger charge is 2.39. The third kappa shape index (κ3) is 3.33. The van der Waals surface area contributed by atoms with Gasteiger partial charge in [-0.1, -0.05) is 12.5 Å². The molecule has 0 aliphatic carbocycles. The van der Waals surface area contributed by atoms with E-state index in [1.54, 1.807) is 36.1 Å². The van der Waals surface area contributed by atoms with Crippen molar-refractivity contribution < 1.29 is 12.8 Å². The highest BCUT2D eigenvalue weighted by Crippen LogP contribution is 2.36. The molecule has 0 aromatic carbocycles. The van der Waals surface area contributed by atoms with Gasteiger partial charge in [-0.2, -0.15) is 9.40 Å². The summed E-state index contributed by atoms with van der Waals surface area (Å²) >= 11 is 0. The molecule has 0 radical (unpaired) electrons. The Kier molecular flexibility index (Phi) is 4.98. The molecule has 1 saturated heterocycles. The summed E-state index contributed by atoms with van der Waals surface area (Å²) in [7, 11) is -3.73. The second-order valence-electron chi connectivity index (χ2n) is 6.72. The van der Waals surface area contributed by atoms with Crippen LogP contribution in [0, 0.1) is 6.92 Å². The molecule has 3 aromatic rings. The Morgan fingerprint density at radius 1 is 1.25 bits per heavy atom. The molecule has 0 spiro atoms. The average molecular weight is 402 g/mol. The van der Waals surface area contributed by atoms with Crippen LogP contribution in [-0.2, 0) is 16.6 Å². The first-order valence-corrected chi connectivity index (χ1v) is 10.8.